The van der Waals surface area contributed by atoms with Gasteiger partial charge < -0.3 is 5.73 Å². The monoisotopic (exact) mass is 312 g/mol. The summed E-state index contributed by atoms with van der Waals surface area (Å²) in [6.45, 7) is 4.85. The Hall–Kier alpha value is -0.910. The Morgan fingerprint density at radius 1 is 1.10 bits per heavy atom. The van der Waals surface area contributed by atoms with Crippen LogP contribution < -0.4 is 10.5 Å². The van der Waals surface area contributed by atoms with Gasteiger partial charge in [0.15, 0.2) is 0 Å². The van der Waals surface area contributed by atoms with Crippen LogP contribution in [0.1, 0.15) is 56.6 Å². The standard InChI is InChI=1S/C16H28N2O2S/c1-3-4-5-6-7-8-12-18-21(19,20)16-11-9-10-15(13-17)14(16)2/h9-11,18H,3-8,12-13,17H2,1-2H3. The van der Waals surface area contributed by atoms with Crippen molar-refractivity contribution in [2.75, 3.05) is 6.54 Å². The van der Waals surface area contributed by atoms with Crippen LogP contribution in [0.25, 0.3) is 0 Å². The zero-order chi connectivity index (χ0) is 15.7. The van der Waals surface area contributed by atoms with Crippen molar-refractivity contribution in [3.05, 3.63) is 29.3 Å². The van der Waals surface area contributed by atoms with E-state index in [2.05, 4.69) is 11.6 Å². The molecular formula is C16H28N2O2S. The summed E-state index contributed by atoms with van der Waals surface area (Å²) in [5.74, 6) is 0. The van der Waals surface area contributed by atoms with E-state index in [1.54, 1.807) is 12.1 Å². The van der Waals surface area contributed by atoms with E-state index in [4.69, 9.17) is 5.73 Å². The minimum atomic E-state index is -3.43. The number of benzene rings is 1. The summed E-state index contributed by atoms with van der Waals surface area (Å²) in [4.78, 5) is 0.344. The first-order chi connectivity index (χ1) is 10.0. The number of hydrogen-bond acceptors (Lipinski definition) is 3. The van der Waals surface area contributed by atoms with Gasteiger partial charge in [-0.05, 0) is 30.5 Å². The second-order valence-electron chi connectivity index (χ2n) is 5.41. The predicted molar refractivity (Wildman–Crippen MR) is 87.6 cm³/mol. The fourth-order valence-corrected chi connectivity index (χ4v) is 3.72. The summed E-state index contributed by atoms with van der Waals surface area (Å²) in [7, 11) is -3.43. The Balaban J connectivity index is 2.51. The van der Waals surface area contributed by atoms with E-state index in [0.29, 0.717) is 18.0 Å². The van der Waals surface area contributed by atoms with Gasteiger partial charge in [-0.25, -0.2) is 13.1 Å². The van der Waals surface area contributed by atoms with Crippen molar-refractivity contribution in [3.63, 3.8) is 0 Å². The number of hydrogen-bond donors (Lipinski definition) is 2. The molecule has 1 aromatic carbocycles. The highest BCUT2D eigenvalue weighted by molar-refractivity contribution is 7.89. The third-order valence-electron chi connectivity index (χ3n) is 3.73. The van der Waals surface area contributed by atoms with Gasteiger partial charge in [0.2, 0.25) is 10.0 Å². The largest absolute Gasteiger partial charge is 0.326 e. The second kappa shape index (κ2) is 9.18. The van der Waals surface area contributed by atoms with E-state index in [9.17, 15) is 8.42 Å². The van der Waals surface area contributed by atoms with E-state index in [0.717, 1.165) is 24.0 Å². The fourth-order valence-electron chi connectivity index (χ4n) is 2.36. The van der Waals surface area contributed by atoms with Crippen molar-refractivity contribution in [2.45, 2.75) is 63.8 Å². The van der Waals surface area contributed by atoms with E-state index in [1.165, 1.54) is 25.7 Å². The van der Waals surface area contributed by atoms with E-state index in [-0.39, 0.29) is 0 Å². The Labute approximate surface area is 129 Å². The number of nitrogens with two attached hydrogens (primary N) is 1. The van der Waals surface area contributed by atoms with Crippen molar-refractivity contribution in [2.24, 2.45) is 5.73 Å². The molecule has 0 aliphatic rings. The summed E-state index contributed by atoms with van der Waals surface area (Å²) in [5.41, 5.74) is 7.25. The van der Waals surface area contributed by atoms with Crippen molar-refractivity contribution in [1.29, 1.82) is 0 Å². The molecule has 0 unspecified atom stereocenters. The van der Waals surface area contributed by atoms with Gasteiger partial charge in [-0.1, -0.05) is 51.2 Å². The van der Waals surface area contributed by atoms with Gasteiger partial charge in [-0.2, -0.15) is 0 Å². The minimum absolute atomic E-state index is 0.344. The first-order valence-electron chi connectivity index (χ1n) is 7.81. The van der Waals surface area contributed by atoms with Gasteiger partial charge in [-0.3, -0.25) is 0 Å². The topological polar surface area (TPSA) is 72.2 Å². The number of unbranched alkanes of at least 4 members (excludes halogenated alkanes) is 5. The summed E-state index contributed by atoms with van der Waals surface area (Å²) >= 11 is 0. The molecule has 120 valence electrons. The zero-order valence-electron chi connectivity index (χ0n) is 13.2. The van der Waals surface area contributed by atoms with E-state index < -0.39 is 10.0 Å². The molecule has 0 saturated heterocycles. The molecule has 0 heterocycles. The lowest BCUT2D eigenvalue weighted by atomic mass is 10.1. The minimum Gasteiger partial charge on any atom is -0.326 e. The van der Waals surface area contributed by atoms with Crippen LogP contribution in [0.15, 0.2) is 23.1 Å². The van der Waals surface area contributed by atoms with Crippen LogP contribution in [-0.2, 0) is 16.6 Å². The van der Waals surface area contributed by atoms with Crippen molar-refractivity contribution < 1.29 is 8.42 Å². The Kier molecular flexibility index (Phi) is 7.93. The molecule has 0 atom stereocenters. The van der Waals surface area contributed by atoms with Crippen LogP contribution in [0.5, 0.6) is 0 Å². The van der Waals surface area contributed by atoms with Gasteiger partial charge in [0.1, 0.15) is 0 Å². The van der Waals surface area contributed by atoms with Crippen LogP contribution >= 0.6 is 0 Å². The lowest BCUT2D eigenvalue weighted by Crippen LogP contribution is -2.26. The lowest BCUT2D eigenvalue weighted by molar-refractivity contribution is 0.567. The Morgan fingerprint density at radius 3 is 2.43 bits per heavy atom. The first-order valence-corrected chi connectivity index (χ1v) is 9.29. The smallest absolute Gasteiger partial charge is 0.240 e. The molecule has 0 aliphatic carbocycles. The van der Waals surface area contributed by atoms with Gasteiger partial charge in [-0.15, -0.1) is 0 Å². The van der Waals surface area contributed by atoms with Crippen LogP contribution in [-0.4, -0.2) is 15.0 Å². The van der Waals surface area contributed by atoms with Gasteiger partial charge in [0.05, 0.1) is 4.90 Å². The van der Waals surface area contributed by atoms with Crippen LogP contribution in [0.2, 0.25) is 0 Å². The molecule has 4 nitrogen and oxygen atoms in total. The highest BCUT2D eigenvalue weighted by Gasteiger charge is 2.17. The Bertz CT molecular complexity index is 527. The molecule has 3 N–H and O–H groups in total. The molecule has 0 fully saturated rings. The maximum absolute atomic E-state index is 12.3. The van der Waals surface area contributed by atoms with E-state index >= 15 is 0 Å². The van der Waals surface area contributed by atoms with Crippen molar-refractivity contribution >= 4 is 10.0 Å². The maximum Gasteiger partial charge on any atom is 0.240 e. The molecule has 1 rings (SSSR count). The second-order valence-corrected chi connectivity index (χ2v) is 7.15. The Morgan fingerprint density at radius 2 is 1.76 bits per heavy atom. The third kappa shape index (κ3) is 5.77. The molecule has 0 aliphatic heterocycles. The summed E-state index contributed by atoms with van der Waals surface area (Å²) in [6, 6.07) is 5.24. The third-order valence-corrected chi connectivity index (χ3v) is 5.33. The molecule has 5 heteroatoms. The highest BCUT2D eigenvalue weighted by atomic mass is 32.2. The molecule has 0 bridgehead atoms. The van der Waals surface area contributed by atoms with Crippen molar-refractivity contribution in [3.8, 4) is 0 Å². The normalized spacial score (nSPS) is 11.8. The SMILES string of the molecule is CCCCCCCCNS(=O)(=O)c1cccc(CN)c1C. The van der Waals surface area contributed by atoms with Crippen LogP contribution in [0.4, 0.5) is 0 Å². The van der Waals surface area contributed by atoms with Crippen molar-refractivity contribution in [1.82, 2.24) is 4.72 Å². The molecule has 1 aromatic rings. The average Bonchev–Trinajstić information content (AvgIpc) is 2.46. The fraction of sp³-hybridized carbons (Fsp3) is 0.625. The molecule has 0 amide bonds. The first kappa shape index (κ1) is 18.1. The van der Waals surface area contributed by atoms with Crippen LogP contribution in [0.3, 0.4) is 0 Å². The summed E-state index contributed by atoms with van der Waals surface area (Å²) < 4.78 is 27.3. The van der Waals surface area contributed by atoms with Gasteiger partial charge in [0.25, 0.3) is 0 Å². The highest BCUT2D eigenvalue weighted by Crippen LogP contribution is 2.18. The molecule has 0 saturated carbocycles. The van der Waals surface area contributed by atoms with Gasteiger partial charge in [0, 0.05) is 13.1 Å². The summed E-state index contributed by atoms with van der Waals surface area (Å²) in [6.07, 6.45) is 6.86. The number of sulfonamides is 1. The molecule has 0 radical (unpaired) electrons. The molecule has 0 aromatic heterocycles. The average molecular weight is 312 g/mol. The zero-order valence-corrected chi connectivity index (χ0v) is 14.0. The molecule has 21 heavy (non-hydrogen) atoms. The summed E-state index contributed by atoms with van der Waals surface area (Å²) in [5, 5.41) is 0. The van der Waals surface area contributed by atoms with Gasteiger partial charge >= 0.3 is 0 Å². The molecular weight excluding hydrogens is 284 g/mol. The maximum atomic E-state index is 12.3. The van der Waals surface area contributed by atoms with Crippen LogP contribution in [0, 0.1) is 6.92 Å². The molecule has 0 spiro atoms. The lowest BCUT2D eigenvalue weighted by Gasteiger charge is -2.11. The van der Waals surface area contributed by atoms with E-state index in [1.807, 2.05) is 13.0 Å². The quantitative estimate of drug-likeness (QED) is 0.652. The number of rotatable bonds is 10. The number of nitrogens with one attached hydrogen (secondary N) is 1. The predicted octanol–water partition coefficient (Wildman–Crippen LogP) is 3.09.